The van der Waals surface area contributed by atoms with Crippen LogP contribution in [0.5, 0.6) is 17.2 Å². The van der Waals surface area contributed by atoms with Gasteiger partial charge in [-0.1, -0.05) is 24.3 Å². The Morgan fingerprint density at radius 2 is 1.74 bits per heavy atom. The first-order chi connectivity index (χ1) is 13.0. The van der Waals surface area contributed by atoms with Gasteiger partial charge < -0.3 is 18.6 Å². The van der Waals surface area contributed by atoms with Crippen LogP contribution in [-0.2, 0) is 0 Å². The molecular formula is C20H16F2O5. The molecule has 27 heavy (non-hydrogen) atoms. The number of methoxy groups -OCH3 is 2. The number of para-hydroxylation sites is 1. The first-order valence-corrected chi connectivity index (χ1v) is 7.93. The smallest absolute Gasteiger partial charge is 0.387 e. The number of benzene rings is 2. The Hall–Kier alpha value is -3.35. The minimum absolute atomic E-state index is 0.0606. The molecule has 0 aliphatic rings. The summed E-state index contributed by atoms with van der Waals surface area (Å²) in [6.07, 6.45) is 2.83. The molecule has 1 aromatic heterocycles. The molecule has 140 valence electrons. The summed E-state index contributed by atoms with van der Waals surface area (Å²) in [6, 6.07) is 11.9. The number of ether oxygens (including phenoxy) is 3. The van der Waals surface area contributed by atoms with Gasteiger partial charge in [-0.2, -0.15) is 8.78 Å². The molecule has 0 unspecified atom stereocenters. The minimum atomic E-state index is -3.02. The number of allylic oxidation sites excluding steroid dienone is 1. The number of carbonyl (C=O) groups excluding carboxylic acids is 1. The Bertz CT molecular complexity index is 933. The van der Waals surface area contributed by atoms with Crippen LogP contribution in [0.1, 0.15) is 16.1 Å². The third-order valence-electron chi connectivity index (χ3n) is 3.79. The highest BCUT2D eigenvalue weighted by molar-refractivity contribution is 6.07. The van der Waals surface area contributed by atoms with Crippen molar-refractivity contribution < 1.29 is 32.2 Å². The maximum absolute atomic E-state index is 12.6. The number of hydrogen-bond donors (Lipinski definition) is 0. The Morgan fingerprint density at radius 3 is 2.33 bits per heavy atom. The van der Waals surface area contributed by atoms with E-state index in [1.54, 1.807) is 12.1 Å². The average molecular weight is 374 g/mol. The van der Waals surface area contributed by atoms with Crippen molar-refractivity contribution in [1.29, 1.82) is 0 Å². The summed E-state index contributed by atoms with van der Waals surface area (Å²) in [5.74, 6) is -0.229. The van der Waals surface area contributed by atoms with Crippen LogP contribution in [0, 0.1) is 0 Å². The maximum Gasteiger partial charge on any atom is 0.387 e. The number of carbonyl (C=O) groups is 1. The molecule has 7 heteroatoms. The standard InChI is InChI=1S/C20H16F2O5/c1-24-17-9-12(10-18(25-2)19(17)27-20(21)22)7-8-14(23)16-11-13-5-3-4-6-15(13)26-16/h3-11,20H,1-2H3/b8-7+. The highest BCUT2D eigenvalue weighted by Gasteiger charge is 2.18. The second-order valence-corrected chi connectivity index (χ2v) is 5.48. The monoisotopic (exact) mass is 374 g/mol. The molecule has 0 N–H and O–H groups in total. The second-order valence-electron chi connectivity index (χ2n) is 5.48. The van der Waals surface area contributed by atoms with Gasteiger partial charge in [0, 0.05) is 5.39 Å². The molecule has 5 nitrogen and oxygen atoms in total. The van der Waals surface area contributed by atoms with Gasteiger partial charge in [0.25, 0.3) is 0 Å². The molecule has 0 fully saturated rings. The van der Waals surface area contributed by atoms with Crippen LogP contribution in [0.4, 0.5) is 8.78 Å². The van der Waals surface area contributed by atoms with Crippen LogP contribution in [0.3, 0.4) is 0 Å². The van der Waals surface area contributed by atoms with Gasteiger partial charge in [-0.15, -0.1) is 0 Å². The molecule has 0 saturated heterocycles. The predicted octanol–water partition coefficient (Wildman–Crippen LogP) is 4.95. The van der Waals surface area contributed by atoms with E-state index >= 15 is 0 Å². The van der Waals surface area contributed by atoms with Crippen molar-refractivity contribution in [1.82, 2.24) is 0 Å². The number of rotatable bonds is 7. The highest BCUT2D eigenvalue weighted by Crippen LogP contribution is 2.39. The van der Waals surface area contributed by atoms with Gasteiger partial charge in [-0.25, -0.2) is 0 Å². The van der Waals surface area contributed by atoms with Crippen molar-refractivity contribution in [3.8, 4) is 17.2 Å². The summed E-state index contributed by atoms with van der Waals surface area (Å²) in [5.41, 5.74) is 1.13. The average Bonchev–Trinajstić information content (AvgIpc) is 3.10. The number of fused-ring (bicyclic) bond motifs is 1. The molecule has 3 aromatic rings. The SMILES string of the molecule is COc1cc(/C=C/C(=O)c2cc3ccccc3o2)cc(OC)c1OC(F)F. The number of ketones is 1. The molecule has 3 rings (SSSR count). The van der Waals surface area contributed by atoms with Gasteiger partial charge >= 0.3 is 6.61 Å². The van der Waals surface area contributed by atoms with E-state index in [1.807, 2.05) is 18.2 Å². The Balaban J connectivity index is 1.88. The molecule has 0 aliphatic heterocycles. The summed E-state index contributed by atoms with van der Waals surface area (Å²) < 4.78 is 45.3. The first kappa shape index (κ1) is 18.4. The van der Waals surface area contributed by atoms with Crippen molar-refractivity contribution >= 4 is 22.8 Å². The fourth-order valence-electron chi connectivity index (χ4n) is 2.56. The molecule has 0 aliphatic carbocycles. The van der Waals surface area contributed by atoms with Gasteiger partial charge in [0.2, 0.25) is 11.5 Å². The largest absolute Gasteiger partial charge is 0.493 e. The molecule has 2 aromatic carbocycles. The molecule has 0 saturated carbocycles. The molecule has 0 amide bonds. The van der Waals surface area contributed by atoms with Crippen LogP contribution in [-0.4, -0.2) is 26.6 Å². The van der Waals surface area contributed by atoms with Gasteiger partial charge in [0.15, 0.2) is 17.3 Å². The van der Waals surface area contributed by atoms with Gasteiger partial charge in [-0.3, -0.25) is 4.79 Å². The molecule has 0 atom stereocenters. The van der Waals surface area contributed by atoms with E-state index in [9.17, 15) is 13.6 Å². The molecule has 0 radical (unpaired) electrons. The van der Waals surface area contributed by atoms with Crippen molar-refractivity contribution in [3.63, 3.8) is 0 Å². The fourth-order valence-corrected chi connectivity index (χ4v) is 2.56. The third-order valence-corrected chi connectivity index (χ3v) is 3.79. The summed E-state index contributed by atoms with van der Waals surface area (Å²) in [7, 11) is 2.64. The fraction of sp³-hybridized carbons (Fsp3) is 0.150. The topological polar surface area (TPSA) is 57.9 Å². The van der Waals surface area contributed by atoms with Crippen molar-refractivity contribution in [2.24, 2.45) is 0 Å². The summed E-state index contributed by atoms with van der Waals surface area (Å²) in [5, 5.41) is 0.825. The second kappa shape index (κ2) is 7.90. The lowest BCUT2D eigenvalue weighted by Gasteiger charge is -2.14. The number of hydrogen-bond acceptors (Lipinski definition) is 5. The summed E-state index contributed by atoms with van der Waals surface area (Å²) in [6.45, 7) is -3.02. The van der Waals surface area contributed by atoms with Crippen LogP contribution < -0.4 is 14.2 Å². The number of halogens is 2. The van der Waals surface area contributed by atoms with E-state index in [-0.39, 0.29) is 28.8 Å². The van der Waals surface area contributed by atoms with E-state index in [0.717, 1.165) is 5.39 Å². The Kier molecular flexibility index (Phi) is 5.40. The zero-order valence-corrected chi connectivity index (χ0v) is 14.6. The lowest BCUT2D eigenvalue weighted by Crippen LogP contribution is -2.05. The van der Waals surface area contributed by atoms with E-state index in [0.29, 0.717) is 11.1 Å². The quantitative estimate of drug-likeness (QED) is 0.433. The van der Waals surface area contributed by atoms with Crippen molar-refractivity contribution in [2.45, 2.75) is 6.61 Å². The lowest BCUT2D eigenvalue weighted by molar-refractivity contribution is -0.0526. The maximum atomic E-state index is 12.6. The van der Waals surface area contributed by atoms with Crippen LogP contribution in [0.15, 0.2) is 53.0 Å². The molecular weight excluding hydrogens is 358 g/mol. The number of furan rings is 1. The minimum Gasteiger partial charge on any atom is -0.493 e. The molecule has 0 bridgehead atoms. The third kappa shape index (κ3) is 4.08. The Morgan fingerprint density at radius 1 is 1.07 bits per heavy atom. The van der Waals surface area contributed by atoms with E-state index in [1.165, 1.54) is 38.5 Å². The van der Waals surface area contributed by atoms with Crippen molar-refractivity contribution in [2.75, 3.05) is 14.2 Å². The normalized spacial score (nSPS) is 11.3. The predicted molar refractivity (Wildman–Crippen MR) is 95.8 cm³/mol. The zero-order valence-electron chi connectivity index (χ0n) is 14.6. The van der Waals surface area contributed by atoms with E-state index < -0.39 is 6.61 Å². The lowest BCUT2D eigenvalue weighted by atomic mass is 10.1. The van der Waals surface area contributed by atoms with Gasteiger partial charge in [0.05, 0.1) is 14.2 Å². The summed E-state index contributed by atoms with van der Waals surface area (Å²) >= 11 is 0. The first-order valence-electron chi connectivity index (χ1n) is 7.93. The summed E-state index contributed by atoms with van der Waals surface area (Å²) in [4.78, 5) is 12.3. The highest BCUT2D eigenvalue weighted by atomic mass is 19.3. The van der Waals surface area contributed by atoms with Gasteiger partial charge in [-0.05, 0) is 35.9 Å². The Labute approximate surface area is 153 Å². The van der Waals surface area contributed by atoms with Gasteiger partial charge in [0.1, 0.15) is 5.58 Å². The van der Waals surface area contributed by atoms with Crippen LogP contribution in [0.25, 0.3) is 17.0 Å². The van der Waals surface area contributed by atoms with Crippen molar-refractivity contribution in [3.05, 3.63) is 59.9 Å². The molecule has 1 heterocycles. The number of alkyl halides is 2. The molecule has 0 spiro atoms. The van der Waals surface area contributed by atoms with Crippen LogP contribution >= 0.6 is 0 Å². The van der Waals surface area contributed by atoms with E-state index in [2.05, 4.69) is 4.74 Å². The van der Waals surface area contributed by atoms with Crippen LogP contribution in [0.2, 0.25) is 0 Å². The zero-order chi connectivity index (χ0) is 19.4. The van der Waals surface area contributed by atoms with E-state index in [4.69, 9.17) is 13.9 Å².